The van der Waals surface area contributed by atoms with Crippen LogP contribution in [0.1, 0.15) is 31.2 Å². The van der Waals surface area contributed by atoms with E-state index in [4.69, 9.17) is 16.3 Å². The summed E-state index contributed by atoms with van der Waals surface area (Å²) in [6.45, 7) is 2.15. The lowest BCUT2D eigenvalue weighted by Gasteiger charge is -2.18. The number of ether oxygens (including phenoxy) is 1. The van der Waals surface area contributed by atoms with E-state index in [0.29, 0.717) is 0 Å². The van der Waals surface area contributed by atoms with Gasteiger partial charge < -0.3 is 10.1 Å². The molecule has 1 aliphatic heterocycles. The third-order valence-electron chi connectivity index (χ3n) is 4.97. The fraction of sp³-hybridized carbons (Fsp3) is 0.647. The highest BCUT2D eigenvalue weighted by Crippen LogP contribution is 2.48. The summed E-state index contributed by atoms with van der Waals surface area (Å²) < 4.78 is 5.97. The zero-order valence-electron chi connectivity index (χ0n) is 11.8. The Bertz CT molecular complexity index is 484. The van der Waals surface area contributed by atoms with Crippen molar-refractivity contribution in [1.29, 1.82) is 0 Å². The van der Waals surface area contributed by atoms with E-state index in [1.54, 1.807) is 0 Å². The van der Waals surface area contributed by atoms with Crippen LogP contribution in [0.2, 0.25) is 5.02 Å². The van der Waals surface area contributed by atoms with Crippen LogP contribution in [0.4, 0.5) is 0 Å². The number of halogens is 1. The van der Waals surface area contributed by atoms with Crippen LogP contribution in [0.3, 0.4) is 0 Å². The summed E-state index contributed by atoms with van der Waals surface area (Å²) in [7, 11) is 0. The lowest BCUT2D eigenvalue weighted by Crippen LogP contribution is -2.34. The van der Waals surface area contributed by atoms with Crippen molar-refractivity contribution < 1.29 is 4.74 Å². The van der Waals surface area contributed by atoms with E-state index >= 15 is 0 Å². The second-order valence-corrected chi connectivity index (χ2v) is 7.13. The number of hydrogen-bond donors (Lipinski definition) is 1. The van der Waals surface area contributed by atoms with E-state index < -0.39 is 0 Å². The number of fused-ring (bicyclic) bond motifs is 1. The smallest absolute Gasteiger partial charge is 0.123 e. The Morgan fingerprint density at radius 3 is 2.65 bits per heavy atom. The Balaban J connectivity index is 1.27. The Kier molecular flexibility index (Phi) is 3.39. The molecule has 2 fully saturated rings. The van der Waals surface area contributed by atoms with Crippen molar-refractivity contribution in [1.82, 2.24) is 5.32 Å². The number of rotatable bonds is 6. The minimum Gasteiger partial charge on any atom is -0.488 e. The zero-order valence-corrected chi connectivity index (χ0v) is 12.5. The van der Waals surface area contributed by atoms with Gasteiger partial charge in [0.05, 0.1) is 0 Å². The summed E-state index contributed by atoms with van der Waals surface area (Å²) in [6, 6.07) is 5.94. The lowest BCUT2D eigenvalue weighted by molar-refractivity contribution is 0.221. The molecule has 108 valence electrons. The van der Waals surface area contributed by atoms with Crippen LogP contribution in [0.25, 0.3) is 0 Å². The minimum atomic E-state index is 0.280. The average molecular weight is 292 g/mol. The number of hydrogen-bond acceptors (Lipinski definition) is 2. The lowest BCUT2D eigenvalue weighted by atomic mass is 9.98. The first-order valence-corrected chi connectivity index (χ1v) is 8.33. The van der Waals surface area contributed by atoms with Gasteiger partial charge in [-0.2, -0.15) is 0 Å². The molecule has 1 N–H and O–H groups in total. The van der Waals surface area contributed by atoms with Gasteiger partial charge >= 0.3 is 0 Å². The molecular formula is C17H22ClNO. The molecule has 4 rings (SSSR count). The third-order valence-corrected chi connectivity index (χ3v) is 5.21. The Labute approximate surface area is 125 Å². The molecule has 20 heavy (non-hydrogen) atoms. The summed E-state index contributed by atoms with van der Waals surface area (Å²) >= 11 is 6.03. The molecule has 0 saturated heterocycles. The summed E-state index contributed by atoms with van der Waals surface area (Å²) in [5.74, 6) is 4.00. The number of benzene rings is 1. The highest BCUT2D eigenvalue weighted by atomic mass is 35.5. The molecule has 2 saturated carbocycles. The third kappa shape index (κ3) is 2.82. The van der Waals surface area contributed by atoms with Gasteiger partial charge in [0.2, 0.25) is 0 Å². The fourth-order valence-corrected chi connectivity index (χ4v) is 3.78. The van der Waals surface area contributed by atoms with Crippen molar-refractivity contribution in [2.75, 3.05) is 13.1 Å². The quantitative estimate of drug-likeness (QED) is 0.863. The predicted octanol–water partition coefficient (Wildman–Crippen LogP) is 3.67. The van der Waals surface area contributed by atoms with Crippen LogP contribution < -0.4 is 10.1 Å². The van der Waals surface area contributed by atoms with E-state index in [-0.39, 0.29) is 6.10 Å². The first-order valence-electron chi connectivity index (χ1n) is 7.95. The summed E-state index contributed by atoms with van der Waals surface area (Å²) in [4.78, 5) is 0. The summed E-state index contributed by atoms with van der Waals surface area (Å²) in [6.07, 6.45) is 7.13. The van der Waals surface area contributed by atoms with E-state index in [1.165, 1.54) is 37.8 Å². The molecule has 0 amide bonds. The number of nitrogens with one attached hydrogen (secondary N) is 1. The first-order chi connectivity index (χ1) is 9.79. The van der Waals surface area contributed by atoms with E-state index in [0.717, 1.165) is 41.5 Å². The van der Waals surface area contributed by atoms with Gasteiger partial charge in [-0.15, -0.1) is 0 Å². The van der Waals surface area contributed by atoms with Gasteiger partial charge in [0.25, 0.3) is 0 Å². The second-order valence-electron chi connectivity index (χ2n) is 6.69. The molecule has 3 heteroatoms. The van der Waals surface area contributed by atoms with Gasteiger partial charge in [-0.3, -0.25) is 0 Å². The van der Waals surface area contributed by atoms with Gasteiger partial charge in [-0.1, -0.05) is 11.6 Å². The van der Waals surface area contributed by atoms with Crippen molar-refractivity contribution in [3.8, 4) is 5.75 Å². The molecule has 0 bridgehead atoms. The molecule has 0 spiro atoms. The Morgan fingerprint density at radius 2 is 1.95 bits per heavy atom. The fourth-order valence-electron chi connectivity index (χ4n) is 3.58. The van der Waals surface area contributed by atoms with Crippen molar-refractivity contribution in [2.45, 2.75) is 38.2 Å². The topological polar surface area (TPSA) is 21.3 Å². The maximum atomic E-state index is 6.03. The predicted molar refractivity (Wildman–Crippen MR) is 81.4 cm³/mol. The van der Waals surface area contributed by atoms with E-state index in [9.17, 15) is 0 Å². The second kappa shape index (κ2) is 5.23. The largest absolute Gasteiger partial charge is 0.488 e. The first kappa shape index (κ1) is 13.0. The Morgan fingerprint density at radius 1 is 1.20 bits per heavy atom. The molecule has 1 aromatic carbocycles. The summed E-state index contributed by atoms with van der Waals surface area (Å²) in [5, 5.41) is 4.47. The molecule has 2 aliphatic carbocycles. The molecule has 1 unspecified atom stereocenters. The molecule has 2 nitrogen and oxygen atoms in total. The standard InChI is InChI=1S/C17H22ClNO/c18-14-5-6-17-13(7-14)8-15(20-17)9-19-10-16(11-1-2-11)12-3-4-12/h5-7,11-12,15-16,19H,1-4,8-10H2. The Hall–Kier alpha value is -0.730. The monoisotopic (exact) mass is 291 g/mol. The van der Waals surface area contributed by atoms with Gasteiger partial charge in [0.1, 0.15) is 11.9 Å². The SMILES string of the molecule is Clc1ccc2c(c1)CC(CNCC(C1CC1)C1CC1)O2. The molecular weight excluding hydrogens is 270 g/mol. The highest BCUT2D eigenvalue weighted by molar-refractivity contribution is 6.30. The summed E-state index contributed by atoms with van der Waals surface area (Å²) in [5.41, 5.74) is 1.25. The van der Waals surface area contributed by atoms with Crippen LogP contribution in [0, 0.1) is 17.8 Å². The van der Waals surface area contributed by atoms with E-state index in [1.807, 2.05) is 18.2 Å². The van der Waals surface area contributed by atoms with Gasteiger partial charge in [0.15, 0.2) is 0 Å². The zero-order chi connectivity index (χ0) is 13.5. The van der Waals surface area contributed by atoms with Gasteiger partial charge in [-0.05, 0) is 73.7 Å². The molecule has 1 heterocycles. The van der Waals surface area contributed by atoms with Gasteiger partial charge in [-0.25, -0.2) is 0 Å². The van der Waals surface area contributed by atoms with E-state index in [2.05, 4.69) is 5.32 Å². The maximum absolute atomic E-state index is 6.03. The molecule has 0 aromatic heterocycles. The normalized spacial score (nSPS) is 24.8. The van der Waals surface area contributed by atoms with Crippen LogP contribution in [-0.4, -0.2) is 19.2 Å². The minimum absolute atomic E-state index is 0.280. The van der Waals surface area contributed by atoms with Crippen LogP contribution in [0.5, 0.6) is 5.75 Å². The van der Waals surface area contributed by atoms with Crippen LogP contribution >= 0.6 is 11.6 Å². The molecule has 3 aliphatic rings. The average Bonchev–Trinajstić information content (AvgIpc) is 3.32. The van der Waals surface area contributed by atoms with Crippen molar-refractivity contribution in [3.05, 3.63) is 28.8 Å². The van der Waals surface area contributed by atoms with Crippen molar-refractivity contribution in [2.24, 2.45) is 17.8 Å². The van der Waals surface area contributed by atoms with Crippen LogP contribution in [0.15, 0.2) is 18.2 Å². The molecule has 0 radical (unpaired) electrons. The van der Waals surface area contributed by atoms with Crippen molar-refractivity contribution >= 4 is 11.6 Å². The highest BCUT2D eigenvalue weighted by Gasteiger charge is 2.41. The molecule has 1 aromatic rings. The molecule has 1 atom stereocenters. The van der Waals surface area contributed by atoms with Crippen LogP contribution in [-0.2, 0) is 6.42 Å². The van der Waals surface area contributed by atoms with Gasteiger partial charge in [0, 0.05) is 18.0 Å². The maximum Gasteiger partial charge on any atom is 0.123 e. The van der Waals surface area contributed by atoms with Crippen molar-refractivity contribution in [3.63, 3.8) is 0 Å².